The van der Waals surface area contributed by atoms with Crippen LogP contribution in [0.15, 0.2) is 24.5 Å². The van der Waals surface area contributed by atoms with Crippen LogP contribution in [0.4, 0.5) is 4.79 Å². The normalized spacial score (nSPS) is 22.2. The van der Waals surface area contributed by atoms with Gasteiger partial charge in [0.15, 0.2) is 0 Å². The van der Waals surface area contributed by atoms with E-state index in [2.05, 4.69) is 10.3 Å². The topological polar surface area (TPSA) is 65.5 Å². The molecule has 3 amide bonds. The average Bonchev–Trinajstić information content (AvgIpc) is 3.39. The molecule has 0 spiro atoms. The number of likely N-dealkylation sites (tertiary alicyclic amines) is 2. The fourth-order valence-electron chi connectivity index (χ4n) is 3.59. The standard InChI is InChI=1S/C18H24N4O2/c23-17(14-1-2-14)21-9-5-16(6-10-21)20-18(24)22-11-15(12-22)13-3-7-19-8-4-13/h3-4,7-8,14-16H,1-2,5-6,9-12H2,(H,20,24). The van der Waals surface area contributed by atoms with Crippen molar-refractivity contribution in [3.05, 3.63) is 30.1 Å². The van der Waals surface area contributed by atoms with Gasteiger partial charge in [-0.25, -0.2) is 4.79 Å². The van der Waals surface area contributed by atoms with Gasteiger partial charge in [-0.3, -0.25) is 9.78 Å². The van der Waals surface area contributed by atoms with Crippen molar-refractivity contribution >= 4 is 11.9 Å². The molecule has 128 valence electrons. The molecule has 6 heteroatoms. The highest BCUT2D eigenvalue weighted by atomic mass is 16.2. The van der Waals surface area contributed by atoms with Crippen LogP contribution >= 0.6 is 0 Å². The van der Waals surface area contributed by atoms with E-state index in [9.17, 15) is 9.59 Å². The Bertz CT molecular complexity index is 603. The first-order valence-corrected chi connectivity index (χ1v) is 8.95. The predicted molar refractivity (Wildman–Crippen MR) is 89.4 cm³/mol. The number of urea groups is 1. The SMILES string of the molecule is O=C(NC1CCN(C(=O)C2CC2)CC1)N1CC(c2ccncc2)C1. The number of hydrogen-bond acceptors (Lipinski definition) is 3. The van der Waals surface area contributed by atoms with E-state index in [-0.39, 0.29) is 12.1 Å². The van der Waals surface area contributed by atoms with Crippen molar-refractivity contribution in [2.45, 2.75) is 37.6 Å². The van der Waals surface area contributed by atoms with Crippen molar-refractivity contribution in [1.82, 2.24) is 20.1 Å². The fraction of sp³-hybridized carbons (Fsp3) is 0.611. The van der Waals surface area contributed by atoms with E-state index in [4.69, 9.17) is 0 Å². The van der Waals surface area contributed by atoms with Crippen LogP contribution in [-0.2, 0) is 4.79 Å². The van der Waals surface area contributed by atoms with Crippen molar-refractivity contribution in [3.63, 3.8) is 0 Å². The molecular formula is C18H24N4O2. The number of amides is 3. The molecule has 3 fully saturated rings. The monoisotopic (exact) mass is 328 g/mol. The van der Waals surface area contributed by atoms with Gasteiger partial charge in [0, 0.05) is 56.5 Å². The van der Waals surface area contributed by atoms with Gasteiger partial charge in [0.2, 0.25) is 5.91 Å². The summed E-state index contributed by atoms with van der Waals surface area (Å²) in [5.41, 5.74) is 1.25. The predicted octanol–water partition coefficient (Wildman–Crippen LogP) is 1.59. The summed E-state index contributed by atoms with van der Waals surface area (Å²) in [5, 5.41) is 3.13. The lowest BCUT2D eigenvalue weighted by Crippen LogP contribution is -2.56. The first-order valence-electron chi connectivity index (χ1n) is 8.95. The maximum atomic E-state index is 12.3. The zero-order valence-electron chi connectivity index (χ0n) is 13.9. The first kappa shape index (κ1) is 15.4. The minimum Gasteiger partial charge on any atom is -0.342 e. The highest BCUT2D eigenvalue weighted by Crippen LogP contribution is 2.32. The molecule has 2 aliphatic heterocycles. The van der Waals surface area contributed by atoms with Crippen LogP contribution in [0.5, 0.6) is 0 Å². The molecular weight excluding hydrogens is 304 g/mol. The number of piperidine rings is 1. The van der Waals surface area contributed by atoms with Gasteiger partial charge in [-0.1, -0.05) is 0 Å². The van der Waals surface area contributed by atoms with Crippen LogP contribution in [0.25, 0.3) is 0 Å². The van der Waals surface area contributed by atoms with Gasteiger partial charge in [0.1, 0.15) is 0 Å². The molecule has 0 bridgehead atoms. The van der Waals surface area contributed by atoms with E-state index in [1.54, 1.807) is 12.4 Å². The van der Waals surface area contributed by atoms with Gasteiger partial charge >= 0.3 is 6.03 Å². The smallest absolute Gasteiger partial charge is 0.317 e. The lowest BCUT2D eigenvalue weighted by Gasteiger charge is -2.41. The van der Waals surface area contributed by atoms with Crippen molar-refractivity contribution in [2.24, 2.45) is 5.92 Å². The number of nitrogens with one attached hydrogen (secondary N) is 1. The Kier molecular flexibility index (Phi) is 4.12. The Morgan fingerprint density at radius 2 is 1.67 bits per heavy atom. The quantitative estimate of drug-likeness (QED) is 0.916. The van der Waals surface area contributed by atoms with Crippen LogP contribution in [0.3, 0.4) is 0 Å². The summed E-state index contributed by atoms with van der Waals surface area (Å²) in [5.74, 6) is 1.04. The minimum absolute atomic E-state index is 0.0345. The molecule has 3 aliphatic rings. The number of nitrogens with zero attached hydrogens (tertiary/aromatic N) is 3. The largest absolute Gasteiger partial charge is 0.342 e. The second kappa shape index (κ2) is 6.42. The van der Waals surface area contributed by atoms with Gasteiger partial charge in [0.25, 0.3) is 0 Å². The lowest BCUT2D eigenvalue weighted by atomic mass is 9.92. The van der Waals surface area contributed by atoms with Crippen LogP contribution in [0, 0.1) is 5.92 Å². The van der Waals surface area contributed by atoms with E-state index in [0.29, 0.717) is 17.7 Å². The molecule has 0 unspecified atom stereocenters. The molecule has 0 atom stereocenters. The number of pyridine rings is 1. The summed E-state index contributed by atoms with van der Waals surface area (Å²) in [6.07, 6.45) is 7.45. The van der Waals surface area contributed by atoms with E-state index in [1.165, 1.54) is 5.56 Å². The lowest BCUT2D eigenvalue weighted by molar-refractivity contribution is -0.133. The van der Waals surface area contributed by atoms with Crippen molar-refractivity contribution in [3.8, 4) is 0 Å². The maximum Gasteiger partial charge on any atom is 0.317 e. The first-order chi connectivity index (χ1) is 11.7. The number of carbonyl (C=O) groups is 2. The second-order valence-electron chi connectivity index (χ2n) is 7.21. The Hall–Kier alpha value is -2.11. The van der Waals surface area contributed by atoms with Crippen LogP contribution in [-0.4, -0.2) is 58.9 Å². The molecule has 1 saturated carbocycles. The van der Waals surface area contributed by atoms with Crippen molar-refractivity contribution in [2.75, 3.05) is 26.2 Å². The summed E-state index contributed by atoms with van der Waals surface area (Å²) in [4.78, 5) is 32.2. The van der Waals surface area contributed by atoms with Crippen LogP contribution in [0.2, 0.25) is 0 Å². The Morgan fingerprint density at radius 1 is 1.00 bits per heavy atom. The molecule has 2 saturated heterocycles. The molecule has 3 heterocycles. The average molecular weight is 328 g/mol. The van der Waals surface area contributed by atoms with E-state index in [1.807, 2.05) is 21.9 Å². The zero-order valence-corrected chi connectivity index (χ0v) is 13.9. The van der Waals surface area contributed by atoms with Crippen molar-refractivity contribution in [1.29, 1.82) is 0 Å². The third-order valence-electron chi connectivity index (χ3n) is 5.41. The minimum atomic E-state index is 0.0345. The van der Waals surface area contributed by atoms with E-state index >= 15 is 0 Å². The Labute approximate surface area is 142 Å². The number of hydrogen-bond donors (Lipinski definition) is 1. The highest BCUT2D eigenvalue weighted by molar-refractivity contribution is 5.81. The second-order valence-corrected chi connectivity index (χ2v) is 7.21. The van der Waals surface area contributed by atoms with Crippen LogP contribution < -0.4 is 5.32 Å². The van der Waals surface area contributed by atoms with Gasteiger partial charge < -0.3 is 15.1 Å². The molecule has 24 heavy (non-hydrogen) atoms. The molecule has 0 radical (unpaired) electrons. The maximum absolute atomic E-state index is 12.3. The molecule has 4 rings (SSSR count). The third-order valence-corrected chi connectivity index (χ3v) is 5.41. The van der Waals surface area contributed by atoms with Gasteiger partial charge in [0.05, 0.1) is 0 Å². The fourth-order valence-corrected chi connectivity index (χ4v) is 3.59. The molecule has 1 aromatic rings. The Morgan fingerprint density at radius 3 is 2.29 bits per heavy atom. The molecule has 0 aromatic carbocycles. The zero-order chi connectivity index (χ0) is 16.5. The summed E-state index contributed by atoms with van der Waals surface area (Å²) >= 11 is 0. The summed E-state index contributed by atoms with van der Waals surface area (Å²) in [6.45, 7) is 3.10. The summed E-state index contributed by atoms with van der Waals surface area (Å²) in [6, 6.07) is 4.27. The van der Waals surface area contributed by atoms with Gasteiger partial charge in [-0.2, -0.15) is 0 Å². The van der Waals surface area contributed by atoms with Crippen LogP contribution in [0.1, 0.15) is 37.2 Å². The molecule has 1 N–H and O–H groups in total. The Balaban J connectivity index is 1.20. The van der Waals surface area contributed by atoms with Gasteiger partial charge in [-0.15, -0.1) is 0 Å². The van der Waals surface area contributed by atoms with Crippen molar-refractivity contribution < 1.29 is 9.59 Å². The number of carbonyl (C=O) groups excluding carboxylic acids is 2. The third kappa shape index (κ3) is 3.23. The number of rotatable bonds is 3. The summed E-state index contributed by atoms with van der Waals surface area (Å²) < 4.78 is 0. The van der Waals surface area contributed by atoms with E-state index < -0.39 is 0 Å². The van der Waals surface area contributed by atoms with E-state index in [0.717, 1.165) is 51.9 Å². The number of aromatic nitrogens is 1. The molecule has 6 nitrogen and oxygen atoms in total. The summed E-state index contributed by atoms with van der Waals surface area (Å²) in [7, 11) is 0. The highest BCUT2D eigenvalue weighted by Gasteiger charge is 2.36. The molecule has 1 aromatic heterocycles. The molecule has 1 aliphatic carbocycles. The van der Waals surface area contributed by atoms with Gasteiger partial charge in [-0.05, 0) is 43.4 Å².